The zero-order valence-corrected chi connectivity index (χ0v) is 18.3. The molecule has 2 aromatic rings. The second kappa shape index (κ2) is 10.4. The third kappa shape index (κ3) is 6.32. The Morgan fingerprint density at radius 1 is 1.17 bits per heavy atom. The van der Waals surface area contributed by atoms with Gasteiger partial charge in [-0.15, -0.1) is 0 Å². The van der Waals surface area contributed by atoms with Crippen molar-refractivity contribution in [1.82, 2.24) is 10.2 Å². The summed E-state index contributed by atoms with van der Waals surface area (Å²) in [5, 5.41) is 3.76. The van der Waals surface area contributed by atoms with Crippen LogP contribution in [0.2, 0.25) is 10.0 Å². The zero-order valence-electron chi connectivity index (χ0n) is 16.8. The molecule has 0 bridgehead atoms. The molecule has 162 valence electrons. The van der Waals surface area contributed by atoms with E-state index in [0.29, 0.717) is 48.6 Å². The molecule has 30 heavy (non-hydrogen) atoms. The summed E-state index contributed by atoms with van der Waals surface area (Å²) < 4.78 is 24.9. The molecule has 1 heterocycles. The van der Waals surface area contributed by atoms with Crippen LogP contribution in [-0.2, 0) is 16.1 Å². The van der Waals surface area contributed by atoms with Crippen molar-refractivity contribution in [2.24, 2.45) is 0 Å². The van der Waals surface area contributed by atoms with E-state index in [9.17, 15) is 9.18 Å². The quantitative estimate of drug-likeness (QED) is 0.645. The van der Waals surface area contributed by atoms with Crippen LogP contribution in [0.15, 0.2) is 42.5 Å². The molecule has 0 radical (unpaired) electrons. The van der Waals surface area contributed by atoms with Crippen molar-refractivity contribution < 1.29 is 18.7 Å². The molecule has 8 heteroatoms. The van der Waals surface area contributed by atoms with Crippen LogP contribution in [0.25, 0.3) is 0 Å². The summed E-state index contributed by atoms with van der Waals surface area (Å²) in [6.45, 7) is 2.42. The highest BCUT2D eigenvalue weighted by Crippen LogP contribution is 2.30. The van der Waals surface area contributed by atoms with Crippen LogP contribution in [0.4, 0.5) is 4.39 Å². The van der Waals surface area contributed by atoms with Gasteiger partial charge in [-0.05, 0) is 42.7 Å². The van der Waals surface area contributed by atoms with Gasteiger partial charge in [0, 0.05) is 32.8 Å². The molecule has 3 rings (SSSR count). The van der Waals surface area contributed by atoms with E-state index in [1.807, 2.05) is 0 Å². The van der Waals surface area contributed by atoms with Crippen molar-refractivity contribution in [2.45, 2.75) is 25.0 Å². The average Bonchev–Trinajstić information content (AvgIpc) is 2.74. The summed E-state index contributed by atoms with van der Waals surface area (Å²) in [5.41, 5.74) is 0.320. The normalized spacial score (nSPS) is 16.3. The number of nitrogens with zero attached hydrogens (tertiary/aromatic N) is 1. The van der Waals surface area contributed by atoms with Crippen LogP contribution in [0, 0.1) is 5.82 Å². The molecule has 0 spiro atoms. The number of methoxy groups -OCH3 is 1. The van der Waals surface area contributed by atoms with Gasteiger partial charge < -0.3 is 14.8 Å². The number of likely N-dealkylation sites (tertiary alicyclic amines) is 1. The predicted molar refractivity (Wildman–Crippen MR) is 116 cm³/mol. The molecule has 0 unspecified atom stereocenters. The minimum atomic E-state index is -0.416. The van der Waals surface area contributed by atoms with Crippen molar-refractivity contribution in [3.8, 4) is 5.75 Å². The predicted octanol–water partition coefficient (Wildman–Crippen LogP) is 4.31. The Balaban J connectivity index is 1.44. The lowest BCUT2D eigenvalue weighted by Gasteiger charge is -2.40. The number of ether oxygens (including phenoxy) is 2. The first kappa shape index (κ1) is 22.8. The highest BCUT2D eigenvalue weighted by Gasteiger charge is 2.36. The lowest BCUT2D eigenvalue weighted by molar-refractivity contribution is -0.125. The molecule has 1 aliphatic heterocycles. The number of hydrogen-bond acceptors (Lipinski definition) is 4. The number of halogens is 3. The number of rotatable bonds is 8. The van der Waals surface area contributed by atoms with Gasteiger partial charge in [0.25, 0.3) is 0 Å². The van der Waals surface area contributed by atoms with E-state index in [1.54, 1.807) is 37.4 Å². The third-order valence-electron chi connectivity index (χ3n) is 5.34. The van der Waals surface area contributed by atoms with Crippen LogP contribution in [0.3, 0.4) is 0 Å². The van der Waals surface area contributed by atoms with E-state index in [1.165, 1.54) is 12.1 Å². The van der Waals surface area contributed by atoms with E-state index in [2.05, 4.69) is 10.2 Å². The Kier molecular flexibility index (Phi) is 7.94. The van der Waals surface area contributed by atoms with Gasteiger partial charge in [0.15, 0.2) is 0 Å². The van der Waals surface area contributed by atoms with Gasteiger partial charge >= 0.3 is 0 Å². The van der Waals surface area contributed by atoms with E-state index < -0.39 is 5.60 Å². The molecule has 1 fully saturated rings. The Morgan fingerprint density at radius 3 is 2.60 bits per heavy atom. The lowest BCUT2D eigenvalue weighted by Crippen LogP contribution is -2.51. The lowest BCUT2D eigenvalue weighted by atomic mass is 9.92. The largest absolute Gasteiger partial charge is 0.491 e. The number of carbonyl (C=O) groups excluding carboxylic acids is 1. The Morgan fingerprint density at radius 2 is 1.93 bits per heavy atom. The topological polar surface area (TPSA) is 50.8 Å². The summed E-state index contributed by atoms with van der Waals surface area (Å²) in [7, 11) is 1.68. The summed E-state index contributed by atoms with van der Waals surface area (Å²) in [4.78, 5) is 14.3. The summed E-state index contributed by atoms with van der Waals surface area (Å²) >= 11 is 12.0. The molecule has 0 aromatic heterocycles. The van der Waals surface area contributed by atoms with Crippen LogP contribution in [0.5, 0.6) is 5.75 Å². The van der Waals surface area contributed by atoms with E-state index in [4.69, 9.17) is 32.7 Å². The van der Waals surface area contributed by atoms with Crippen molar-refractivity contribution in [2.75, 3.05) is 33.4 Å². The highest BCUT2D eigenvalue weighted by molar-refractivity contribution is 6.42. The molecule has 0 aliphatic carbocycles. The number of piperidine rings is 1. The molecule has 5 nitrogen and oxygen atoms in total. The standard InChI is InChI=1S/C22H25Cl2FN2O3/c1-29-22(15-30-18-5-6-19(23)20(24)12-18)7-9-27(10-8-22)14-21(28)26-13-16-3-2-4-17(25)11-16/h2-6,11-12H,7-10,13-15H2,1H3,(H,26,28). The van der Waals surface area contributed by atoms with E-state index in [-0.39, 0.29) is 11.7 Å². The number of amides is 1. The highest BCUT2D eigenvalue weighted by atomic mass is 35.5. The van der Waals surface area contributed by atoms with Crippen molar-refractivity contribution in [3.05, 3.63) is 63.9 Å². The first-order valence-corrected chi connectivity index (χ1v) is 10.5. The monoisotopic (exact) mass is 454 g/mol. The SMILES string of the molecule is COC1(COc2ccc(Cl)c(Cl)c2)CCN(CC(=O)NCc2cccc(F)c2)CC1. The zero-order chi connectivity index (χ0) is 21.6. The fourth-order valence-corrected chi connectivity index (χ4v) is 3.70. The maximum Gasteiger partial charge on any atom is 0.234 e. The maximum absolute atomic E-state index is 13.2. The molecular weight excluding hydrogens is 430 g/mol. The van der Waals surface area contributed by atoms with Gasteiger partial charge in [-0.25, -0.2) is 4.39 Å². The average molecular weight is 455 g/mol. The Bertz CT molecular complexity index is 873. The molecule has 1 amide bonds. The van der Waals surface area contributed by atoms with Gasteiger partial charge in [-0.2, -0.15) is 0 Å². The summed E-state index contributed by atoms with van der Waals surface area (Å²) in [6.07, 6.45) is 1.48. The fourth-order valence-electron chi connectivity index (χ4n) is 3.41. The van der Waals surface area contributed by atoms with Gasteiger partial charge in [0.2, 0.25) is 5.91 Å². The number of hydrogen-bond donors (Lipinski definition) is 1. The van der Waals surface area contributed by atoms with Gasteiger partial charge in [0.1, 0.15) is 23.8 Å². The molecule has 0 atom stereocenters. The second-order valence-corrected chi connectivity index (χ2v) is 8.25. The van der Waals surface area contributed by atoms with Crippen LogP contribution >= 0.6 is 23.2 Å². The molecular formula is C22H25Cl2FN2O3. The van der Waals surface area contributed by atoms with Crippen LogP contribution < -0.4 is 10.1 Å². The number of benzene rings is 2. The van der Waals surface area contributed by atoms with Crippen molar-refractivity contribution in [3.63, 3.8) is 0 Å². The summed E-state index contributed by atoms with van der Waals surface area (Å²) in [5.74, 6) is 0.244. The van der Waals surface area contributed by atoms with Crippen molar-refractivity contribution >= 4 is 29.1 Å². The minimum absolute atomic E-state index is 0.0868. The third-order valence-corrected chi connectivity index (χ3v) is 6.08. The molecule has 1 N–H and O–H groups in total. The Hall–Kier alpha value is -1.86. The molecule has 0 saturated carbocycles. The Labute approximate surface area is 186 Å². The molecule has 2 aromatic carbocycles. The minimum Gasteiger partial charge on any atom is -0.491 e. The van der Waals surface area contributed by atoms with E-state index in [0.717, 1.165) is 18.4 Å². The first-order valence-electron chi connectivity index (χ1n) is 9.76. The number of nitrogens with one attached hydrogen (secondary N) is 1. The maximum atomic E-state index is 13.2. The van der Waals surface area contributed by atoms with Crippen LogP contribution in [0.1, 0.15) is 18.4 Å². The van der Waals surface area contributed by atoms with Crippen molar-refractivity contribution in [1.29, 1.82) is 0 Å². The molecule has 1 aliphatic rings. The summed E-state index contributed by atoms with van der Waals surface area (Å²) in [6, 6.07) is 11.4. The molecule has 1 saturated heterocycles. The van der Waals surface area contributed by atoms with E-state index >= 15 is 0 Å². The van der Waals surface area contributed by atoms with Gasteiger partial charge in [-0.1, -0.05) is 35.3 Å². The van der Waals surface area contributed by atoms with Crippen LogP contribution in [-0.4, -0.2) is 49.8 Å². The van der Waals surface area contributed by atoms with Gasteiger partial charge in [0.05, 0.1) is 16.6 Å². The smallest absolute Gasteiger partial charge is 0.234 e. The number of carbonyl (C=O) groups is 1. The first-order chi connectivity index (χ1) is 14.4. The van der Waals surface area contributed by atoms with Gasteiger partial charge in [-0.3, -0.25) is 9.69 Å². The second-order valence-electron chi connectivity index (χ2n) is 7.43. The fraction of sp³-hybridized carbons (Fsp3) is 0.409.